The highest BCUT2D eigenvalue weighted by Crippen LogP contribution is 2.45. The molecular weight excluding hydrogens is 1210 g/mol. The lowest BCUT2D eigenvalue weighted by Crippen LogP contribution is -2.30. The van der Waals surface area contributed by atoms with Crippen LogP contribution in [0.4, 0.5) is 0 Å². The normalized spacial score (nSPS) is 14.4. The van der Waals surface area contributed by atoms with E-state index in [0.717, 1.165) is 108 Å². The topological polar surface area (TPSA) is 237 Å². The van der Waals surface area contributed by atoms with Crippen LogP contribution in [0.15, 0.2) is 0 Å². The van der Waals surface area contributed by atoms with Crippen LogP contribution in [0.25, 0.3) is 0 Å². The fraction of sp³-hybridized carbons (Fsp3) is 0.945. The zero-order chi connectivity index (χ0) is 68.0. The molecule has 0 aliphatic heterocycles. The number of esters is 4. The first kappa shape index (κ1) is 90.1. The fourth-order valence-electron chi connectivity index (χ4n) is 11.0. The molecule has 0 aromatic heterocycles. The molecule has 0 spiro atoms. The number of aliphatic hydroxyl groups is 1. The molecule has 0 amide bonds. The van der Waals surface area contributed by atoms with Gasteiger partial charge >= 0.3 is 39.5 Å². The van der Waals surface area contributed by atoms with Crippen molar-refractivity contribution in [2.75, 3.05) is 39.6 Å². The van der Waals surface area contributed by atoms with Gasteiger partial charge in [0.2, 0.25) is 0 Å². The molecule has 0 aliphatic rings. The van der Waals surface area contributed by atoms with Crippen molar-refractivity contribution >= 4 is 39.5 Å². The van der Waals surface area contributed by atoms with Crippen molar-refractivity contribution in [3.8, 4) is 0 Å². The van der Waals surface area contributed by atoms with Crippen LogP contribution >= 0.6 is 15.6 Å². The van der Waals surface area contributed by atoms with Gasteiger partial charge in [0.05, 0.1) is 26.4 Å². The first-order valence-electron chi connectivity index (χ1n) is 37.9. The van der Waals surface area contributed by atoms with Crippen LogP contribution in [-0.4, -0.2) is 96.7 Å². The molecule has 0 bridgehead atoms. The minimum absolute atomic E-state index is 0.105. The lowest BCUT2D eigenvalue weighted by molar-refractivity contribution is -0.161. The Bertz CT molecular complexity index is 1800. The molecule has 0 fully saturated rings. The molecule has 0 aromatic carbocycles. The predicted molar refractivity (Wildman–Crippen MR) is 372 cm³/mol. The summed E-state index contributed by atoms with van der Waals surface area (Å²) < 4.78 is 68.4. The summed E-state index contributed by atoms with van der Waals surface area (Å²) in [7, 11) is -9.90. The van der Waals surface area contributed by atoms with Crippen LogP contribution in [0.3, 0.4) is 0 Å². The Morgan fingerprint density at radius 1 is 0.315 bits per heavy atom. The predicted octanol–water partition coefficient (Wildman–Crippen LogP) is 21.0. The summed E-state index contributed by atoms with van der Waals surface area (Å²) in [6, 6.07) is 0. The molecule has 3 N–H and O–H groups in total. The standard InChI is InChI=1S/C73H142O17P2/c1-8-10-11-12-13-23-33-40-47-54-70(75)83-60-68(90-73(78)57-50-43-36-29-22-25-31-38-45-52-65(5)6)62-87-91(79,80)85-58-67(74)59-86-92(81,82)88-63-69(61-84-71(76)55-48-41-34-27-21-20-26-32-39-46-53-66(7)9-2)89-72(77)56-49-42-35-28-19-17-15-14-16-18-24-30-37-44-51-64(3)4/h64-69,74H,8-63H2,1-7H3,(H,79,80)(H,81,82)/t66?,67-,68+,69+/m0/s1. The molecule has 0 aromatic rings. The Hall–Kier alpha value is -1.94. The van der Waals surface area contributed by atoms with Gasteiger partial charge in [-0.3, -0.25) is 37.3 Å². The van der Waals surface area contributed by atoms with Gasteiger partial charge < -0.3 is 33.8 Å². The number of carbonyl (C=O) groups excluding carboxylic acids is 4. The summed E-state index contributed by atoms with van der Waals surface area (Å²) >= 11 is 0. The molecule has 0 heterocycles. The Labute approximate surface area is 562 Å². The number of rotatable bonds is 71. The molecule has 0 saturated heterocycles. The minimum atomic E-state index is -4.96. The second kappa shape index (κ2) is 63.8. The smallest absolute Gasteiger partial charge is 0.462 e. The maximum Gasteiger partial charge on any atom is 0.472 e. The van der Waals surface area contributed by atoms with Gasteiger partial charge in [0.15, 0.2) is 12.2 Å². The van der Waals surface area contributed by atoms with Crippen molar-refractivity contribution in [3.05, 3.63) is 0 Å². The maximum atomic E-state index is 13.1. The van der Waals surface area contributed by atoms with Crippen LogP contribution < -0.4 is 0 Å². The first-order chi connectivity index (χ1) is 44.3. The largest absolute Gasteiger partial charge is 0.472 e. The molecule has 17 nitrogen and oxygen atoms in total. The van der Waals surface area contributed by atoms with Crippen LogP contribution in [0.5, 0.6) is 0 Å². The van der Waals surface area contributed by atoms with Crippen LogP contribution in [0.2, 0.25) is 0 Å². The van der Waals surface area contributed by atoms with Crippen molar-refractivity contribution in [1.82, 2.24) is 0 Å². The summed E-state index contributed by atoms with van der Waals surface area (Å²) in [5.74, 6) is 0.218. The highest BCUT2D eigenvalue weighted by atomic mass is 31.2. The van der Waals surface area contributed by atoms with Gasteiger partial charge in [0.25, 0.3) is 0 Å². The number of hydrogen-bond acceptors (Lipinski definition) is 15. The highest BCUT2D eigenvalue weighted by molar-refractivity contribution is 7.47. The monoisotopic (exact) mass is 1350 g/mol. The van der Waals surface area contributed by atoms with Crippen molar-refractivity contribution in [2.24, 2.45) is 17.8 Å². The molecule has 546 valence electrons. The van der Waals surface area contributed by atoms with Gasteiger partial charge in [0, 0.05) is 25.7 Å². The van der Waals surface area contributed by atoms with Crippen LogP contribution in [0.1, 0.15) is 370 Å². The molecule has 6 atom stereocenters. The lowest BCUT2D eigenvalue weighted by Gasteiger charge is -2.21. The van der Waals surface area contributed by atoms with Crippen molar-refractivity contribution < 1.29 is 80.2 Å². The van der Waals surface area contributed by atoms with E-state index < -0.39 is 97.5 Å². The molecule has 0 rings (SSSR count). The summed E-state index contributed by atoms with van der Waals surface area (Å²) in [5, 5.41) is 10.6. The lowest BCUT2D eigenvalue weighted by atomic mass is 9.99. The van der Waals surface area contributed by atoms with Gasteiger partial charge in [-0.15, -0.1) is 0 Å². The first-order valence-corrected chi connectivity index (χ1v) is 40.9. The third-order valence-electron chi connectivity index (χ3n) is 17.2. The van der Waals surface area contributed by atoms with Gasteiger partial charge in [-0.1, -0.05) is 318 Å². The molecule has 3 unspecified atom stereocenters. The average molecular weight is 1350 g/mol. The zero-order valence-electron chi connectivity index (χ0n) is 60.0. The number of carbonyl (C=O) groups is 4. The van der Waals surface area contributed by atoms with E-state index in [-0.39, 0.29) is 25.7 Å². The quantitative estimate of drug-likeness (QED) is 0.0222. The molecule has 92 heavy (non-hydrogen) atoms. The zero-order valence-corrected chi connectivity index (χ0v) is 61.8. The second-order valence-corrected chi connectivity index (χ2v) is 30.4. The summed E-state index contributed by atoms with van der Waals surface area (Å²) in [6.07, 6.45) is 48.5. The van der Waals surface area contributed by atoms with Crippen molar-refractivity contribution in [3.63, 3.8) is 0 Å². The molecule has 0 saturated carbocycles. The van der Waals surface area contributed by atoms with Gasteiger partial charge in [-0.25, -0.2) is 9.13 Å². The third kappa shape index (κ3) is 65.4. The van der Waals surface area contributed by atoms with Crippen LogP contribution in [0, 0.1) is 17.8 Å². The van der Waals surface area contributed by atoms with E-state index in [1.54, 1.807) is 0 Å². The van der Waals surface area contributed by atoms with Crippen LogP contribution in [-0.2, 0) is 65.4 Å². The second-order valence-electron chi connectivity index (χ2n) is 27.5. The Kier molecular flexibility index (Phi) is 62.4. The maximum absolute atomic E-state index is 13.1. The number of unbranched alkanes of at least 4 members (excludes halogenated alkanes) is 38. The Morgan fingerprint density at radius 3 is 0.826 bits per heavy atom. The van der Waals surface area contributed by atoms with E-state index in [1.807, 2.05) is 0 Å². The number of hydrogen-bond donors (Lipinski definition) is 3. The third-order valence-corrected chi connectivity index (χ3v) is 19.1. The van der Waals surface area contributed by atoms with Crippen molar-refractivity contribution in [2.45, 2.75) is 388 Å². The number of phosphoric acid groups is 2. The van der Waals surface area contributed by atoms with E-state index in [0.29, 0.717) is 25.7 Å². The Morgan fingerprint density at radius 2 is 0.554 bits per heavy atom. The SMILES string of the molecule is CCCCCCCCCCCC(=O)OC[C@H](COP(=O)(O)OC[C@H](O)COP(=O)(O)OC[C@@H](COC(=O)CCCCCCCCCCCCC(C)CC)OC(=O)CCCCCCCCCCCCCCCCC(C)C)OC(=O)CCCCCCCCCCCC(C)C. The average Bonchev–Trinajstić information content (AvgIpc) is 3.73. The van der Waals surface area contributed by atoms with Gasteiger partial charge in [-0.05, 0) is 43.4 Å². The Balaban J connectivity index is 5.24. The fourth-order valence-corrected chi connectivity index (χ4v) is 12.6. The van der Waals surface area contributed by atoms with E-state index >= 15 is 0 Å². The van der Waals surface area contributed by atoms with E-state index in [4.69, 9.17) is 37.0 Å². The molecule has 0 aliphatic carbocycles. The van der Waals surface area contributed by atoms with Crippen molar-refractivity contribution in [1.29, 1.82) is 0 Å². The summed E-state index contributed by atoms with van der Waals surface area (Å²) in [5.41, 5.74) is 0. The van der Waals surface area contributed by atoms with Gasteiger partial charge in [-0.2, -0.15) is 0 Å². The van der Waals surface area contributed by atoms with E-state index in [9.17, 15) is 43.2 Å². The minimum Gasteiger partial charge on any atom is -0.462 e. The molecular formula is C73H142O17P2. The highest BCUT2D eigenvalue weighted by Gasteiger charge is 2.30. The summed E-state index contributed by atoms with van der Waals surface area (Å²) in [6.45, 7) is 11.9. The summed E-state index contributed by atoms with van der Waals surface area (Å²) in [4.78, 5) is 72.6. The molecule has 19 heteroatoms. The molecule has 0 radical (unpaired) electrons. The van der Waals surface area contributed by atoms with E-state index in [2.05, 4.69) is 48.5 Å². The van der Waals surface area contributed by atoms with Gasteiger partial charge in [0.1, 0.15) is 19.3 Å². The van der Waals surface area contributed by atoms with E-state index in [1.165, 1.54) is 180 Å². The number of phosphoric ester groups is 2. The number of aliphatic hydroxyl groups excluding tert-OH is 1. The number of ether oxygens (including phenoxy) is 4.